The third-order valence-electron chi connectivity index (χ3n) is 6.91. The molecule has 1 saturated heterocycles. The zero-order chi connectivity index (χ0) is 23.7. The van der Waals surface area contributed by atoms with Crippen molar-refractivity contribution in [3.63, 3.8) is 0 Å². The standard InChI is InChI=1S/C26H27F3N4S/c27-26(28,29)23-7-2-1-4-21(23)17-33-15-12-30-24(33)19-10-13-32(14-11-19)25(34)31-22-9-8-18-5-3-6-20(18)16-22/h1-2,4,7-9,12,15-16,19H,3,5-6,10-11,13-14,17H2,(H,31,34). The molecule has 1 aromatic heterocycles. The summed E-state index contributed by atoms with van der Waals surface area (Å²) in [5.41, 5.74) is 3.54. The van der Waals surface area contributed by atoms with Crippen LogP contribution in [0.2, 0.25) is 0 Å². The van der Waals surface area contributed by atoms with Gasteiger partial charge in [-0.1, -0.05) is 24.3 Å². The number of benzene rings is 2. The number of fused-ring (bicyclic) bond motifs is 1. The molecule has 0 radical (unpaired) electrons. The average Bonchev–Trinajstić information content (AvgIpc) is 3.48. The Morgan fingerprint density at radius 1 is 1.06 bits per heavy atom. The van der Waals surface area contributed by atoms with Crippen LogP contribution in [0, 0.1) is 0 Å². The van der Waals surface area contributed by atoms with Gasteiger partial charge in [0, 0.05) is 43.6 Å². The Morgan fingerprint density at radius 3 is 2.62 bits per heavy atom. The van der Waals surface area contributed by atoms with Gasteiger partial charge >= 0.3 is 6.18 Å². The normalized spacial score (nSPS) is 16.5. The van der Waals surface area contributed by atoms with Gasteiger partial charge in [0.1, 0.15) is 5.82 Å². The lowest BCUT2D eigenvalue weighted by Crippen LogP contribution is -2.40. The zero-order valence-corrected chi connectivity index (χ0v) is 19.6. The van der Waals surface area contributed by atoms with E-state index in [-0.39, 0.29) is 18.0 Å². The van der Waals surface area contributed by atoms with Gasteiger partial charge < -0.3 is 14.8 Å². The molecule has 5 rings (SSSR count). The predicted molar refractivity (Wildman–Crippen MR) is 131 cm³/mol. The van der Waals surface area contributed by atoms with Gasteiger partial charge in [-0.2, -0.15) is 13.2 Å². The van der Waals surface area contributed by atoms with Crippen molar-refractivity contribution in [2.75, 3.05) is 18.4 Å². The quantitative estimate of drug-likeness (QED) is 0.460. The summed E-state index contributed by atoms with van der Waals surface area (Å²) >= 11 is 5.67. The number of rotatable bonds is 4. The summed E-state index contributed by atoms with van der Waals surface area (Å²) in [7, 11) is 0. The summed E-state index contributed by atoms with van der Waals surface area (Å²) in [6, 6.07) is 12.2. The van der Waals surface area contributed by atoms with E-state index in [0.717, 1.165) is 61.5 Å². The minimum atomic E-state index is -4.37. The average molecular weight is 485 g/mol. The molecule has 34 heavy (non-hydrogen) atoms. The smallest absolute Gasteiger partial charge is 0.349 e. The Kier molecular flexibility index (Phi) is 6.34. The second-order valence-corrected chi connectivity index (χ2v) is 9.48. The number of hydrogen-bond acceptors (Lipinski definition) is 2. The topological polar surface area (TPSA) is 33.1 Å². The molecule has 1 aliphatic heterocycles. The Balaban J connectivity index is 1.22. The Labute approximate surface area is 202 Å². The van der Waals surface area contributed by atoms with Crippen LogP contribution >= 0.6 is 12.2 Å². The van der Waals surface area contributed by atoms with E-state index in [1.807, 2.05) is 4.57 Å². The number of nitrogens with zero attached hydrogens (tertiary/aromatic N) is 3. The third kappa shape index (κ3) is 4.82. The monoisotopic (exact) mass is 484 g/mol. The van der Waals surface area contributed by atoms with Crippen LogP contribution in [0.1, 0.15) is 53.3 Å². The van der Waals surface area contributed by atoms with Crippen molar-refractivity contribution in [3.8, 4) is 0 Å². The van der Waals surface area contributed by atoms with E-state index in [1.54, 1.807) is 18.5 Å². The summed E-state index contributed by atoms with van der Waals surface area (Å²) in [4.78, 5) is 6.69. The molecule has 0 amide bonds. The molecule has 0 bridgehead atoms. The highest BCUT2D eigenvalue weighted by Gasteiger charge is 2.33. The summed E-state index contributed by atoms with van der Waals surface area (Å²) in [6.45, 7) is 1.73. The first-order valence-electron chi connectivity index (χ1n) is 11.7. The van der Waals surface area contributed by atoms with Crippen molar-refractivity contribution in [2.24, 2.45) is 0 Å². The number of likely N-dealkylation sites (tertiary alicyclic amines) is 1. The molecule has 1 fully saturated rings. The Bertz CT molecular complexity index is 1180. The number of nitrogens with one attached hydrogen (secondary N) is 1. The molecule has 8 heteroatoms. The van der Waals surface area contributed by atoms with Crippen molar-refractivity contribution in [3.05, 3.63) is 82.9 Å². The predicted octanol–water partition coefficient (Wildman–Crippen LogP) is 6.02. The number of aryl methyl sites for hydroxylation is 2. The van der Waals surface area contributed by atoms with Gasteiger partial charge in [0.15, 0.2) is 5.11 Å². The minimum absolute atomic E-state index is 0.156. The van der Waals surface area contributed by atoms with Crippen LogP contribution in [0.4, 0.5) is 18.9 Å². The maximum Gasteiger partial charge on any atom is 0.416 e. The highest BCUT2D eigenvalue weighted by molar-refractivity contribution is 7.80. The fraction of sp³-hybridized carbons (Fsp3) is 0.385. The highest BCUT2D eigenvalue weighted by atomic mass is 32.1. The number of hydrogen-bond donors (Lipinski definition) is 1. The fourth-order valence-corrected chi connectivity index (χ4v) is 5.43. The summed E-state index contributed by atoms with van der Waals surface area (Å²) in [5.74, 6) is 1.03. The van der Waals surface area contributed by atoms with Crippen LogP contribution in [0.25, 0.3) is 0 Å². The van der Waals surface area contributed by atoms with E-state index in [0.29, 0.717) is 0 Å². The molecule has 2 aromatic carbocycles. The Hall–Kier alpha value is -2.87. The van der Waals surface area contributed by atoms with Crippen LogP contribution in [0.15, 0.2) is 54.9 Å². The molecule has 0 spiro atoms. The summed E-state index contributed by atoms with van der Waals surface area (Å²) < 4.78 is 42.1. The number of thiocarbonyl (C=S) groups is 1. The van der Waals surface area contributed by atoms with Crippen molar-refractivity contribution >= 4 is 23.0 Å². The number of piperidine rings is 1. The lowest BCUT2D eigenvalue weighted by atomic mass is 9.96. The summed E-state index contributed by atoms with van der Waals surface area (Å²) in [5, 5.41) is 4.11. The second kappa shape index (κ2) is 9.41. The van der Waals surface area contributed by atoms with E-state index in [1.165, 1.54) is 29.7 Å². The highest BCUT2D eigenvalue weighted by Crippen LogP contribution is 2.33. The molecule has 178 valence electrons. The SMILES string of the molecule is FC(F)(F)c1ccccc1Cn1ccnc1C1CCN(C(=S)Nc2ccc3c(c2)CCC3)CC1. The zero-order valence-electron chi connectivity index (χ0n) is 18.8. The van der Waals surface area contributed by atoms with Crippen LogP contribution in [-0.2, 0) is 25.6 Å². The number of imidazole rings is 1. The second-order valence-electron chi connectivity index (χ2n) is 9.10. The number of aromatic nitrogens is 2. The van der Waals surface area contributed by atoms with Gasteiger partial charge in [0.2, 0.25) is 0 Å². The third-order valence-corrected chi connectivity index (χ3v) is 7.27. The number of halogens is 3. The van der Waals surface area contributed by atoms with Gasteiger partial charge in [0.25, 0.3) is 0 Å². The van der Waals surface area contributed by atoms with Crippen molar-refractivity contribution in [1.82, 2.24) is 14.5 Å². The van der Waals surface area contributed by atoms with Crippen LogP contribution < -0.4 is 5.32 Å². The molecule has 4 nitrogen and oxygen atoms in total. The van der Waals surface area contributed by atoms with Gasteiger partial charge in [0.05, 0.1) is 5.56 Å². The number of anilines is 1. The lowest BCUT2D eigenvalue weighted by molar-refractivity contribution is -0.138. The molecule has 0 unspecified atom stereocenters. The first kappa shape index (κ1) is 22.9. The van der Waals surface area contributed by atoms with E-state index in [2.05, 4.69) is 33.4 Å². The van der Waals surface area contributed by atoms with Crippen molar-refractivity contribution in [2.45, 2.75) is 50.7 Å². The molecular weight excluding hydrogens is 457 g/mol. The fourth-order valence-electron chi connectivity index (χ4n) is 5.13. The maximum absolute atomic E-state index is 13.4. The summed E-state index contributed by atoms with van der Waals surface area (Å²) in [6.07, 6.45) is 4.29. The Morgan fingerprint density at radius 2 is 1.82 bits per heavy atom. The molecular formula is C26H27F3N4S. The largest absolute Gasteiger partial charge is 0.416 e. The molecule has 2 aliphatic rings. The van der Waals surface area contributed by atoms with Gasteiger partial charge in [-0.15, -0.1) is 0 Å². The van der Waals surface area contributed by atoms with E-state index >= 15 is 0 Å². The lowest BCUT2D eigenvalue weighted by Gasteiger charge is -2.34. The van der Waals surface area contributed by atoms with Gasteiger partial charge in [-0.3, -0.25) is 0 Å². The van der Waals surface area contributed by atoms with Crippen molar-refractivity contribution in [1.29, 1.82) is 0 Å². The molecule has 1 N–H and O–H groups in total. The molecule has 1 aliphatic carbocycles. The maximum atomic E-state index is 13.4. The van der Waals surface area contributed by atoms with E-state index < -0.39 is 11.7 Å². The van der Waals surface area contributed by atoms with Crippen molar-refractivity contribution < 1.29 is 13.2 Å². The van der Waals surface area contributed by atoms with Gasteiger partial charge in [-0.05, 0) is 79.2 Å². The first-order valence-corrected chi connectivity index (χ1v) is 12.1. The van der Waals surface area contributed by atoms with Crippen LogP contribution in [0.3, 0.4) is 0 Å². The number of alkyl halides is 3. The first-order chi connectivity index (χ1) is 16.4. The molecule has 0 atom stereocenters. The molecule has 0 saturated carbocycles. The molecule has 2 heterocycles. The minimum Gasteiger partial charge on any atom is -0.349 e. The van der Waals surface area contributed by atoms with Crippen LogP contribution in [-0.4, -0.2) is 32.7 Å². The molecule has 3 aromatic rings. The van der Waals surface area contributed by atoms with Crippen LogP contribution in [0.5, 0.6) is 0 Å². The van der Waals surface area contributed by atoms with E-state index in [4.69, 9.17) is 12.2 Å². The van der Waals surface area contributed by atoms with E-state index in [9.17, 15) is 13.2 Å². The van der Waals surface area contributed by atoms with Gasteiger partial charge in [-0.25, -0.2) is 4.98 Å².